The number of benzene rings is 1. The van der Waals surface area contributed by atoms with Gasteiger partial charge in [-0.2, -0.15) is 8.42 Å². The van der Waals surface area contributed by atoms with Crippen LogP contribution in [0.4, 0.5) is 0 Å². The zero-order chi connectivity index (χ0) is 14.5. The number of ether oxygens (including phenoxy) is 3. The fourth-order valence-corrected chi connectivity index (χ4v) is 2.33. The van der Waals surface area contributed by atoms with E-state index in [0.717, 1.165) is 0 Å². The van der Waals surface area contributed by atoms with Gasteiger partial charge in [0.05, 0.1) is 19.8 Å². The summed E-state index contributed by atoms with van der Waals surface area (Å²) in [4.78, 5) is -0.375. The molecule has 0 bridgehead atoms. The van der Waals surface area contributed by atoms with Gasteiger partial charge in [-0.15, -0.1) is 0 Å². The molecule has 0 saturated carbocycles. The highest BCUT2D eigenvalue weighted by Gasteiger charge is 2.24. The molecule has 0 aromatic heterocycles. The van der Waals surface area contributed by atoms with Crippen molar-refractivity contribution in [3.05, 3.63) is 12.1 Å². The number of rotatable bonds is 7. The van der Waals surface area contributed by atoms with Gasteiger partial charge in [-0.3, -0.25) is 4.55 Å². The van der Waals surface area contributed by atoms with E-state index in [-0.39, 0.29) is 29.6 Å². The zero-order valence-corrected chi connectivity index (χ0v) is 12.0. The Morgan fingerprint density at radius 3 is 1.68 bits per heavy atom. The molecule has 0 unspecified atom stereocenters. The van der Waals surface area contributed by atoms with Gasteiger partial charge in [-0.1, -0.05) is 0 Å². The van der Waals surface area contributed by atoms with Crippen molar-refractivity contribution >= 4 is 10.1 Å². The molecule has 1 aromatic rings. The Bertz CT molecular complexity index is 496. The third-order valence-corrected chi connectivity index (χ3v) is 3.08. The largest absolute Gasteiger partial charge is 0.494 e. The highest BCUT2D eigenvalue weighted by atomic mass is 32.2. The topological polar surface area (TPSA) is 82.1 Å². The van der Waals surface area contributed by atoms with Crippen molar-refractivity contribution in [2.45, 2.75) is 25.7 Å². The predicted molar refractivity (Wildman–Crippen MR) is 69.8 cm³/mol. The second-order valence-corrected chi connectivity index (χ2v) is 4.88. The highest BCUT2D eigenvalue weighted by Crippen LogP contribution is 2.37. The first-order valence-electron chi connectivity index (χ1n) is 5.97. The van der Waals surface area contributed by atoms with Gasteiger partial charge >= 0.3 is 10.1 Å². The number of hydrogen-bond acceptors (Lipinski definition) is 5. The van der Waals surface area contributed by atoms with Crippen molar-refractivity contribution in [2.24, 2.45) is 0 Å². The molecule has 0 radical (unpaired) electrons. The molecule has 0 aliphatic rings. The maximum Gasteiger partial charge on any atom is 0.301 e. The van der Waals surface area contributed by atoms with Crippen molar-refractivity contribution in [3.63, 3.8) is 0 Å². The average Bonchev–Trinajstić information content (AvgIpc) is 2.28. The quantitative estimate of drug-likeness (QED) is 0.775. The van der Waals surface area contributed by atoms with Crippen molar-refractivity contribution in [3.8, 4) is 17.2 Å². The molecule has 0 spiro atoms. The highest BCUT2D eigenvalue weighted by molar-refractivity contribution is 7.86. The van der Waals surface area contributed by atoms with Crippen molar-refractivity contribution in [2.75, 3.05) is 19.8 Å². The van der Waals surface area contributed by atoms with E-state index >= 15 is 0 Å². The standard InChI is InChI=1S/C12H18O6S/c1-4-16-9-7-10(17-5-2)12(19(13,14)15)11(8-9)18-6-3/h7-8H,4-6H2,1-3H3,(H,13,14,15). The predicted octanol–water partition coefficient (Wildman–Crippen LogP) is 2.13. The van der Waals surface area contributed by atoms with E-state index in [1.165, 1.54) is 12.1 Å². The first-order chi connectivity index (χ1) is 8.93. The lowest BCUT2D eigenvalue weighted by atomic mass is 10.3. The molecular formula is C12H18O6S. The van der Waals surface area contributed by atoms with Gasteiger partial charge in [-0.05, 0) is 20.8 Å². The summed E-state index contributed by atoms with van der Waals surface area (Å²) in [6.45, 7) is 6.15. The van der Waals surface area contributed by atoms with E-state index < -0.39 is 10.1 Å². The summed E-state index contributed by atoms with van der Waals surface area (Å²) in [6.07, 6.45) is 0. The molecule has 0 amide bonds. The molecule has 0 fully saturated rings. The molecular weight excluding hydrogens is 272 g/mol. The normalized spacial score (nSPS) is 11.2. The summed E-state index contributed by atoms with van der Waals surface area (Å²) in [7, 11) is -4.45. The summed E-state index contributed by atoms with van der Waals surface area (Å²) in [5.74, 6) is 0.445. The zero-order valence-electron chi connectivity index (χ0n) is 11.2. The van der Waals surface area contributed by atoms with Gasteiger partial charge in [0.1, 0.15) is 17.2 Å². The minimum absolute atomic E-state index is 0.0133. The molecule has 0 heterocycles. The van der Waals surface area contributed by atoms with Crippen LogP contribution < -0.4 is 14.2 Å². The Morgan fingerprint density at radius 2 is 1.37 bits per heavy atom. The third kappa shape index (κ3) is 4.00. The number of hydrogen-bond donors (Lipinski definition) is 1. The van der Waals surface area contributed by atoms with Crippen LogP contribution in [-0.2, 0) is 10.1 Å². The second-order valence-electron chi connectivity index (χ2n) is 3.52. The Kier molecular flexibility index (Phi) is 5.44. The van der Waals surface area contributed by atoms with E-state index in [1.807, 2.05) is 0 Å². The summed E-state index contributed by atoms with van der Waals surface area (Å²) < 4.78 is 48.0. The molecule has 0 aliphatic heterocycles. The Labute approximate surface area is 113 Å². The van der Waals surface area contributed by atoms with Gasteiger partial charge in [-0.25, -0.2) is 0 Å². The first kappa shape index (κ1) is 15.6. The van der Waals surface area contributed by atoms with E-state index in [1.54, 1.807) is 20.8 Å². The molecule has 1 aromatic carbocycles. The van der Waals surface area contributed by atoms with Gasteiger partial charge in [0.15, 0.2) is 4.90 Å². The van der Waals surface area contributed by atoms with E-state index in [9.17, 15) is 13.0 Å². The molecule has 19 heavy (non-hydrogen) atoms. The van der Waals surface area contributed by atoms with Crippen molar-refractivity contribution in [1.82, 2.24) is 0 Å². The molecule has 0 saturated heterocycles. The molecule has 0 aliphatic carbocycles. The maximum atomic E-state index is 11.4. The first-order valence-corrected chi connectivity index (χ1v) is 7.41. The van der Waals surface area contributed by atoms with Crippen LogP contribution in [-0.4, -0.2) is 32.8 Å². The monoisotopic (exact) mass is 290 g/mol. The Hall–Kier alpha value is -1.47. The lowest BCUT2D eigenvalue weighted by Gasteiger charge is -2.15. The van der Waals surface area contributed by atoms with Crippen molar-refractivity contribution < 1.29 is 27.2 Å². The molecule has 6 nitrogen and oxygen atoms in total. The lowest BCUT2D eigenvalue weighted by Crippen LogP contribution is -2.08. The molecule has 7 heteroatoms. The van der Waals surface area contributed by atoms with Gasteiger partial charge in [0, 0.05) is 12.1 Å². The Balaban J connectivity index is 3.46. The van der Waals surface area contributed by atoms with Gasteiger partial charge < -0.3 is 14.2 Å². The van der Waals surface area contributed by atoms with Crippen LogP contribution in [0.1, 0.15) is 20.8 Å². The van der Waals surface area contributed by atoms with Crippen LogP contribution in [0, 0.1) is 0 Å². The van der Waals surface area contributed by atoms with Crippen LogP contribution >= 0.6 is 0 Å². The molecule has 0 atom stereocenters. The summed E-state index contributed by atoms with van der Waals surface area (Å²) in [5.41, 5.74) is 0. The average molecular weight is 290 g/mol. The fraction of sp³-hybridized carbons (Fsp3) is 0.500. The smallest absolute Gasteiger partial charge is 0.301 e. The molecule has 1 N–H and O–H groups in total. The van der Waals surface area contributed by atoms with E-state index in [4.69, 9.17) is 14.2 Å². The minimum atomic E-state index is -4.45. The van der Waals surface area contributed by atoms with Crippen LogP contribution in [0.3, 0.4) is 0 Å². The molecule has 1 rings (SSSR count). The van der Waals surface area contributed by atoms with Gasteiger partial charge in [0.2, 0.25) is 0 Å². The third-order valence-electron chi connectivity index (χ3n) is 2.16. The van der Waals surface area contributed by atoms with E-state index in [0.29, 0.717) is 12.4 Å². The van der Waals surface area contributed by atoms with Crippen LogP contribution in [0.25, 0.3) is 0 Å². The van der Waals surface area contributed by atoms with Crippen LogP contribution in [0.2, 0.25) is 0 Å². The van der Waals surface area contributed by atoms with Crippen molar-refractivity contribution in [1.29, 1.82) is 0 Å². The van der Waals surface area contributed by atoms with Crippen LogP contribution in [0.15, 0.2) is 17.0 Å². The van der Waals surface area contributed by atoms with Gasteiger partial charge in [0.25, 0.3) is 0 Å². The maximum absolute atomic E-state index is 11.4. The minimum Gasteiger partial charge on any atom is -0.494 e. The Morgan fingerprint density at radius 1 is 0.947 bits per heavy atom. The molecule has 108 valence electrons. The summed E-state index contributed by atoms with van der Waals surface area (Å²) >= 11 is 0. The second kappa shape index (κ2) is 6.63. The fourth-order valence-electron chi connectivity index (χ4n) is 1.58. The van der Waals surface area contributed by atoms with E-state index in [2.05, 4.69) is 0 Å². The summed E-state index contributed by atoms with van der Waals surface area (Å²) in [5, 5.41) is 0. The SMILES string of the molecule is CCOc1cc(OCC)c(S(=O)(=O)O)c(OCC)c1. The van der Waals surface area contributed by atoms with Crippen LogP contribution in [0.5, 0.6) is 17.2 Å². The lowest BCUT2D eigenvalue weighted by molar-refractivity contribution is 0.292. The summed E-state index contributed by atoms with van der Waals surface area (Å²) in [6, 6.07) is 2.83.